The molecular weight excluding hydrogens is 436 g/mol. The minimum Gasteiger partial charge on any atom is -0.493 e. The monoisotopic (exact) mass is 472 g/mol. The lowest BCUT2D eigenvalue weighted by Gasteiger charge is -2.16. The van der Waals surface area contributed by atoms with Crippen LogP contribution in [0.2, 0.25) is 0 Å². The Morgan fingerprint density at radius 2 is 1.82 bits per heavy atom. The van der Waals surface area contributed by atoms with E-state index in [2.05, 4.69) is 5.32 Å². The Kier molecular flexibility index (Phi) is 10.2. The molecule has 1 unspecified atom stereocenters. The Morgan fingerprint density at radius 3 is 2.44 bits per heavy atom. The molecule has 1 atom stereocenters. The lowest BCUT2D eigenvalue weighted by Crippen LogP contribution is -2.24. The Balaban J connectivity index is 2.18. The third kappa shape index (κ3) is 6.41. The Morgan fingerprint density at radius 1 is 1.09 bits per heavy atom. The van der Waals surface area contributed by atoms with Crippen molar-refractivity contribution in [3.8, 4) is 11.5 Å². The first kappa shape index (κ1) is 27.0. The fourth-order valence-corrected chi connectivity index (χ4v) is 3.86. The zero-order valence-corrected chi connectivity index (χ0v) is 21.2. The number of nitrogens with zero attached hydrogens (tertiary/aromatic N) is 1. The third-order valence-electron chi connectivity index (χ3n) is 5.62. The van der Waals surface area contributed by atoms with Gasteiger partial charge in [-0.3, -0.25) is 4.79 Å². The molecule has 0 spiro atoms. The SMILES string of the molecule is CCOC(=O)c1c(/C=C/C(=O)NC(C)c2ccc(OCCOC)c(OC)c2)c(C)n(CC)c1C. The smallest absolute Gasteiger partial charge is 0.340 e. The average Bonchev–Trinajstić information content (AvgIpc) is 3.06. The van der Waals surface area contributed by atoms with Crippen LogP contribution in [0.3, 0.4) is 0 Å². The van der Waals surface area contributed by atoms with Crippen LogP contribution in [-0.2, 0) is 20.8 Å². The summed E-state index contributed by atoms with van der Waals surface area (Å²) in [4.78, 5) is 25.2. The molecule has 1 heterocycles. The van der Waals surface area contributed by atoms with E-state index in [0.29, 0.717) is 42.4 Å². The highest BCUT2D eigenvalue weighted by atomic mass is 16.5. The van der Waals surface area contributed by atoms with Crippen LogP contribution in [0.1, 0.15) is 59.7 Å². The predicted octanol–water partition coefficient (Wildman–Crippen LogP) is 4.23. The summed E-state index contributed by atoms with van der Waals surface area (Å²) in [5.74, 6) is 0.530. The van der Waals surface area contributed by atoms with Crippen molar-refractivity contribution in [3.05, 3.63) is 52.4 Å². The highest BCUT2D eigenvalue weighted by molar-refractivity contribution is 5.98. The van der Waals surface area contributed by atoms with Crippen molar-refractivity contribution in [1.29, 1.82) is 0 Å². The molecule has 2 aromatic rings. The van der Waals surface area contributed by atoms with E-state index in [1.165, 1.54) is 6.08 Å². The number of aromatic nitrogens is 1. The molecule has 0 bridgehead atoms. The number of benzene rings is 1. The average molecular weight is 473 g/mol. The molecule has 1 aromatic heterocycles. The van der Waals surface area contributed by atoms with Gasteiger partial charge >= 0.3 is 5.97 Å². The molecule has 1 aromatic carbocycles. The molecule has 1 amide bonds. The number of carbonyl (C=O) groups excluding carboxylic acids is 2. The minimum atomic E-state index is -0.386. The molecule has 0 radical (unpaired) electrons. The maximum Gasteiger partial charge on any atom is 0.340 e. The summed E-state index contributed by atoms with van der Waals surface area (Å²) in [6.07, 6.45) is 3.12. The molecule has 0 aliphatic heterocycles. The van der Waals surface area contributed by atoms with Crippen LogP contribution in [-0.4, -0.2) is 50.5 Å². The van der Waals surface area contributed by atoms with Gasteiger partial charge in [0.1, 0.15) is 6.61 Å². The minimum absolute atomic E-state index is 0.272. The summed E-state index contributed by atoms with van der Waals surface area (Å²) >= 11 is 0. The van der Waals surface area contributed by atoms with Crippen molar-refractivity contribution in [2.45, 2.75) is 47.2 Å². The van der Waals surface area contributed by atoms with Gasteiger partial charge in [-0.2, -0.15) is 0 Å². The topological polar surface area (TPSA) is 88.0 Å². The van der Waals surface area contributed by atoms with Crippen LogP contribution in [0.5, 0.6) is 11.5 Å². The van der Waals surface area contributed by atoms with Crippen LogP contribution < -0.4 is 14.8 Å². The highest BCUT2D eigenvalue weighted by Crippen LogP contribution is 2.30. The van der Waals surface area contributed by atoms with Crippen molar-refractivity contribution < 1.29 is 28.5 Å². The van der Waals surface area contributed by atoms with Gasteiger partial charge in [0.05, 0.1) is 31.9 Å². The van der Waals surface area contributed by atoms with Crippen LogP contribution in [0.15, 0.2) is 24.3 Å². The van der Waals surface area contributed by atoms with Crippen LogP contribution in [0.4, 0.5) is 0 Å². The van der Waals surface area contributed by atoms with Crippen LogP contribution in [0.25, 0.3) is 6.08 Å². The lowest BCUT2D eigenvalue weighted by molar-refractivity contribution is -0.117. The molecule has 34 heavy (non-hydrogen) atoms. The Labute approximate surface area is 201 Å². The summed E-state index contributed by atoms with van der Waals surface area (Å²) < 4.78 is 23.4. The number of amides is 1. The second kappa shape index (κ2) is 12.8. The van der Waals surface area contributed by atoms with E-state index in [9.17, 15) is 9.59 Å². The van der Waals surface area contributed by atoms with Gasteiger partial charge in [-0.05, 0) is 58.4 Å². The molecule has 0 saturated heterocycles. The first-order valence-corrected chi connectivity index (χ1v) is 11.4. The number of esters is 1. The van der Waals surface area contributed by atoms with Gasteiger partial charge in [-0.25, -0.2) is 4.79 Å². The van der Waals surface area contributed by atoms with E-state index >= 15 is 0 Å². The fourth-order valence-electron chi connectivity index (χ4n) is 3.86. The second-order valence-corrected chi connectivity index (χ2v) is 7.74. The van der Waals surface area contributed by atoms with Gasteiger partial charge < -0.3 is 28.8 Å². The second-order valence-electron chi connectivity index (χ2n) is 7.74. The van der Waals surface area contributed by atoms with Gasteiger partial charge in [0.25, 0.3) is 0 Å². The first-order chi connectivity index (χ1) is 16.3. The molecule has 0 aliphatic carbocycles. The maximum absolute atomic E-state index is 12.7. The van der Waals surface area contributed by atoms with Crippen LogP contribution in [0, 0.1) is 13.8 Å². The molecule has 0 aliphatic rings. The molecule has 2 rings (SSSR count). The number of ether oxygens (including phenoxy) is 4. The highest BCUT2D eigenvalue weighted by Gasteiger charge is 2.22. The van der Waals surface area contributed by atoms with Gasteiger partial charge in [-0.1, -0.05) is 6.07 Å². The summed E-state index contributed by atoms with van der Waals surface area (Å²) in [6.45, 7) is 11.4. The van der Waals surface area contributed by atoms with E-state index in [4.69, 9.17) is 18.9 Å². The normalized spacial score (nSPS) is 12.0. The lowest BCUT2D eigenvalue weighted by atomic mass is 10.1. The number of methoxy groups -OCH3 is 2. The first-order valence-electron chi connectivity index (χ1n) is 11.4. The quantitative estimate of drug-likeness (QED) is 0.283. The molecule has 186 valence electrons. The molecule has 1 N–H and O–H groups in total. The van der Waals surface area contributed by atoms with E-state index in [-0.39, 0.29) is 24.5 Å². The molecule has 8 nitrogen and oxygen atoms in total. The van der Waals surface area contributed by atoms with Gasteiger partial charge in [0.2, 0.25) is 5.91 Å². The van der Waals surface area contributed by atoms with Crippen molar-refractivity contribution in [2.24, 2.45) is 0 Å². The van der Waals surface area contributed by atoms with E-state index in [1.54, 1.807) is 27.2 Å². The van der Waals surface area contributed by atoms with Crippen molar-refractivity contribution in [3.63, 3.8) is 0 Å². The largest absolute Gasteiger partial charge is 0.493 e. The summed E-state index contributed by atoms with van der Waals surface area (Å²) in [6, 6.07) is 5.26. The van der Waals surface area contributed by atoms with Gasteiger partial charge in [0, 0.05) is 36.7 Å². The number of nitrogens with one attached hydrogen (secondary N) is 1. The third-order valence-corrected chi connectivity index (χ3v) is 5.62. The maximum atomic E-state index is 12.7. The van der Waals surface area contributed by atoms with Crippen molar-refractivity contribution in [1.82, 2.24) is 9.88 Å². The zero-order chi connectivity index (χ0) is 25.3. The summed E-state index contributed by atoms with van der Waals surface area (Å²) in [5, 5.41) is 2.95. The van der Waals surface area contributed by atoms with E-state index < -0.39 is 0 Å². The predicted molar refractivity (Wildman–Crippen MR) is 131 cm³/mol. The van der Waals surface area contributed by atoms with E-state index in [0.717, 1.165) is 17.0 Å². The zero-order valence-electron chi connectivity index (χ0n) is 21.2. The van der Waals surface area contributed by atoms with Crippen molar-refractivity contribution >= 4 is 18.0 Å². The van der Waals surface area contributed by atoms with Gasteiger partial charge in [0.15, 0.2) is 11.5 Å². The standard InChI is InChI=1S/C26H36N2O6/c1-8-28-18(4)21(25(19(28)5)26(30)33-9-2)11-13-24(29)27-17(3)20-10-12-22(23(16-20)32-7)34-15-14-31-6/h10-13,16-17H,8-9,14-15H2,1-7H3,(H,27,29)/b13-11+. The number of hydrogen-bond acceptors (Lipinski definition) is 6. The molecular formula is C26H36N2O6. The summed E-state index contributed by atoms with van der Waals surface area (Å²) in [7, 11) is 3.18. The molecule has 8 heteroatoms. The molecule has 0 fully saturated rings. The van der Waals surface area contributed by atoms with E-state index in [1.807, 2.05) is 50.5 Å². The molecule has 0 saturated carbocycles. The van der Waals surface area contributed by atoms with Crippen molar-refractivity contribution in [2.75, 3.05) is 34.0 Å². The Hall–Kier alpha value is -3.26. The number of hydrogen-bond donors (Lipinski definition) is 1. The Bertz CT molecular complexity index is 1020. The number of rotatable bonds is 12. The summed E-state index contributed by atoms with van der Waals surface area (Å²) in [5.41, 5.74) is 3.79. The van der Waals surface area contributed by atoms with Crippen LogP contribution >= 0.6 is 0 Å². The number of carbonyl (C=O) groups is 2. The van der Waals surface area contributed by atoms with Gasteiger partial charge in [-0.15, -0.1) is 0 Å². The fraction of sp³-hybridized carbons (Fsp3) is 0.462.